The Hall–Kier alpha value is -0.880. The molecule has 0 aliphatic heterocycles. The molecule has 20 heavy (non-hydrogen) atoms. The molecule has 0 radical (unpaired) electrons. The molecule has 2 atom stereocenters. The lowest BCUT2D eigenvalue weighted by atomic mass is 10.2. The molecular formula is C12H28Cl2N6. The molecule has 2 unspecified atom stereocenters. The van der Waals surface area contributed by atoms with Gasteiger partial charge in [0.1, 0.15) is 0 Å². The Kier molecular flexibility index (Phi) is 14.4. The first-order valence-corrected chi connectivity index (χ1v) is 6.13. The largest absolute Gasteiger partial charge is 0.367 e. The van der Waals surface area contributed by atoms with Gasteiger partial charge < -0.3 is 9.80 Å². The van der Waals surface area contributed by atoms with Gasteiger partial charge in [-0.25, -0.2) is 0 Å². The summed E-state index contributed by atoms with van der Waals surface area (Å²) < 4.78 is 0. The van der Waals surface area contributed by atoms with Gasteiger partial charge in [0.2, 0.25) is 0 Å². The van der Waals surface area contributed by atoms with E-state index in [1.54, 1.807) is 9.80 Å². The van der Waals surface area contributed by atoms with Gasteiger partial charge in [0.25, 0.3) is 0 Å². The number of hydrogen-bond donors (Lipinski definition) is 2. The molecular weight excluding hydrogens is 299 g/mol. The molecule has 0 aliphatic rings. The van der Waals surface area contributed by atoms with E-state index < -0.39 is 0 Å². The highest BCUT2D eigenvalue weighted by atomic mass is 35.5. The normalized spacial score (nSPS) is 12.9. The smallest absolute Gasteiger partial charge is 0.0974 e. The fourth-order valence-corrected chi connectivity index (χ4v) is 1.23. The number of amidine groups is 2. The minimum atomic E-state index is 0. The van der Waals surface area contributed by atoms with Crippen LogP contribution in [0.3, 0.4) is 0 Å². The second-order valence-corrected chi connectivity index (χ2v) is 5.02. The molecule has 8 heteroatoms. The summed E-state index contributed by atoms with van der Waals surface area (Å²) in [4.78, 5) is 3.55. The Morgan fingerprint density at radius 3 is 1.25 bits per heavy atom. The maximum Gasteiger partial charge on any atom is 0.0974 e. The minimum absolute atomic E-state index is 0. The van der Waals surface area contributed by atoms with E-state index in [9.17, 15) is 0 Å². The zero-order chi connectivity index (χ0) is 14.3. The minimum Gasteiger partial charge on any atom is -0.367 e. The fraction of sp³-hybridized carbons (Fsp3) is 0.833. The number of halogens is 2. The van der Waals surface area contributed by atoms with Gasteiger partial charge in [0, 0.05) is 41.0 Å². The third kappa shape index (κ3) is 11.0. The molecule has 0 saturated heterocycles. The monoisotopic (exact) mass is 326 g/mol. The molecule has 0 aromatic rings. The van der Waals surface area contributed by atoms with Crippen molar-refractivity contribution in [3.05, 3.63) is 0 Å². The van der Waals surface area contributed by atoms with Gasteiger partial charge in [0.15, 0.2) is 0 Å². The molecule has 0 saturated carbocycles. The summed E-state index contributed by atoms with van der Waals surface area (Å²) in [5.41, 5.74) is 0. The number of nitrogens with zero attached hydrogens (tertiary/aromatic N) is 4. The lowest BCUT2D eigenvalue weighted by Gasteiger charge is -2.16. The van der Waals surface area contributed by atoms with Crippen molar-refractivity contribution in [3.63, 3.8) is 0 Å². The van der Waals surface area contributed by atoms with Crippen molar-refractivity contribution in [2.45, 2.75) is 38.8 Å². The molecule has 6 nitrogen and oxygen atoms in total. The number of hydrogen-bond acceptors (Lipinski definition) is 4. The van der Waals surface area contributed by atoms with Crippen LogP contribution in [0, 0.1) is 10.8 Å². The van der Waals surface area contributed by atoms with E-state index in [1.165, 1.54) is 0 Å². The van der Waals surface area contributed by atoms with E-state index in [2.05, 4.69) is 10.2 Å². The van der Waals surface area contributed by atoms with Crippen LogP contribution in [0.15, 0.2) is 10.2 Å². The van der Waals surface area contributed by atoms with Gasteiger partial charge in [-0.3, -0.25) is 10.8 Å². The van der Waals surface area contributed by atoms with Crippen LogP contribution in [0.5, 0.6) is 0 Å². The molecule has 2 N–H and O–H groups in total. The molecule has 0 spiro atoms. The van der Waals surface area contributed by atoms with Crippen LogP contribution in [0.4, 0.5) is 0 Å². The summed E-state index contributed by atoms with van der Waals surface area (Å²) in [6.07, 6.45) is 1.18. The molecule has 0 rings (SSSR count). The summed E-state index contributed by atoms with van der Waals surface area (Å²) in [5, 5.41) is 23.8. The Bertz CT molecular complexity index is 287. The quantitative estimate of drug-likeness (QED) is 0.447. The second kappa shape index (κ2) is 11.9. The zero-order valence-electron chi connectivity index (χ0n) is 13.2. The van der Waals surface area contributed by atoms with Crippen molar-refractivity contribution in [3.8, 4) is 0 Å². The lowest BCUT2D eigenvalue weighted by Crippen LogP contribution is -2.25. The zero-order valence-corrected chi connectivity index (χ0v) is 14.8. The lowest BCUT2D eigenvalue weighted by molar-refractivity contribution is 0.553. The third-order valence-electron chi connectivity index (χ3n) is 2.52. The summed E-state index contributed by atoms with van der Waals surface area (Å²) in [6.45, 7) is 3.90. The van der Waals surface area contributed by atoms with Crippen molar-refractivity contribution in [2.75, 3.05) is 28.2 Å². The number of rotatable bonds is 6. The van der Waals surface area contributed by atoms with E-state index in [-0.39, 0.29) is 36.9 Å². The van der Waals surface area contributed by atoms with E-state index in [4.69, 9.17) is 10.8 Å². The second-order valence-electron chi connectivity index (χ2n) is 5.02. The molecule has 0 bridgehead atoms. The van der Waals surface area contributed by atoms with Gasteiger partial charge in [-0.2, -0.15) is 10.2 Å². The molecule has 120 valence electrons. The summed E-state index contributed by atoms with van der Waals surface area (Å²) in [5.74, 6) is 1.10. The van der Waals surface area contributed by atoms with Crippen molar-refractivity contribution in [2.24, 2.45) is 10.2 Å². The average molecular weight is 327 g/mol. The Morgan fingerprint density at radius 1 is 0.800 bits per heavy atom. The Labute approximate surface area is 134 Å². The average Bonchev–Trinajstić information content (AvgIpc) is 2.25. The van der Waals surface area contributed by atoms with Crippen LogP contribution < -0.4 is 0 Å². The van der Waals surface area contributed by atoms with Crippen molar-refractivity contribution < 1.29 is 0 Å². The van der Waals surface area contributed by atoms with E-state index in [0.29, 0.717) is 24.5 Å². The van der Waals surface area contributed by atoms with Gasteiger partial charge >= 0.3 is 0 Å². The topological polar surface area (TPSA) is 78.9 Å². The Balaban J connectivity index is -0.00000144. The highest BCUT2D eigenvalue weighted by molar-refractivity contribution is 5.85. The van der Waals surface area contributed by atoms with Gasteiger partial charge in [0.05, 0.1) is 23.8 Å². The predicted molar refractivity (Wildman–Crippen MR) is 90.3 cm³/mol. The summed E-state index contributed by atoms with van der Waals surface area (Å²) in [7, 11) is 7.42. The standard InChI is InChI=1S/C12H26N6.2ClH/c1-9(7-11(13)17(3)4)15-16-10(2)8-12(14)18(5)6;;/h9-10,13-14H,7-8H2,1-6H3;2*1H. The molecule has 0 fully saturated rings. The molecule has 0 heterocycles. The van der Waals surface area contributed by atoms with Crippen LogP contribution in [0.2, 0.25) is 0 Å². The van der Waals surface area contributed by atoms with E-state index in [0.717, 1.165) is 0 Å². The highest BCUT2D eigenvalue weighted by Gasteiger charge is 2.09. The summed E-state index contributed by atoms with van der Waals surface area (Å²) in [6, 6.07) is 0.0202. The fourth-order valence-electron chi connectivity index (χ4n) is 1.23. The first-order valence-electron chi connectivity index (χ1n) is 6.13. The van der Waals surface area contributed by atoms with Crippen LogP contribution >= 0.6 is 24.8 Å². The van der Waals surface area contributed by atoms with Crippen molar-refractivity contribution >= 4 is 36.5 Å². The van der Waals surface area contributed by atoms with E-state index in [1.807, 2.05) is 42.0 Å². The SMILES string of the molecule is CC(CC(=N)N(C)C)N=NC(C)CC(=N)N(C)C.Cl.Cl. The molecule has 0 aromatic heterocycles. The van der Waals surface area contributed by atoms with Crippen molar-refractivity contribution in [1.29, 1.82) is 10.8 Å². The van der Waals surface area contributed by atoms with Gasteiger partial charge in [-0.05, 0) is 13.8 Å². The van der Waals surface area contributed by atoms with Crippen LogP contribution in [-0.4, -0.2) is 61.7 Å². The molecule has 0 aliphatic carbocycles. The van der Waals surface area contributed by atoms with E-state index >= 15 is 0 Å². The van der Waals surface area contributed by atoms with Gasteiger partial charge in [-0.15, -0.1) is 24.8 Å². The highest BCUT2D eigenvalue weighted by Crippen LogP contribution is 2.05. The molecule has 0 amide bonds. The van der Waals surface area contributed by atoms with Crippen molar-refractivity contribution in [1.82, 2.24) is 9.80 Å². The Morgan fingerprint density at radius 2 is 1.05 bits per heavy atom. The number of nitrogens with one attached hydrogen (secondary N) is 2. The van der Waals surface area contributed by atoms with Gasteiger partial charge in [-0.1, -0.05) is 0 Å². The van der Waals surface area contributed by atoms with Crippen LogP contribution in [-0.2, 0) is 0 Å². The maximum absolute atomic E-state index is 7.71. The number of azo groups is 1. The van der Waals surface area contributed by atoms with Crippen LogP contribution in [0.1, 0.15) is 26.7 Å². The third-order valence-corrected chi connectivity index (χ3v) is 2.52. The summed E-state index contributed by atoms with van der Waals surface area (Å²) >= 11 is 0. The maximum atomic E-state index is 7.71. The molecule has 0 aromatic carbocycles. The first kappa shape index (κ1) is 24.2. The van der Waals surface area contributed by atoms with Crippen LogP contribution in [0.25, 0.3) is 0 Å². The predicted octanol–water partition coefficient (Wildman–Crippen LogP) is 2.92. The first-order chi connectivity index (χ1) is 8.23.